The third kappa shape index (κ3) is 6.71. The number of carbonyl (C=O) groups is 1. The monoisotopic (exact) mass is 328 g/mol. The largest absolute Gasteiger partial charge is 0.395 e. The highest BCUT2D eigenvalue weighted by molar-refractivity contribution is 9.10. The first-order valence-corrected chi connectivity index (χ1v) is 7.33. The summed E-state index contributed by atoms with van der Waals surface area (Å²) in [5.74, 6) is 0.00126. The maximum Gasteiger partial charge on any atom is 0.225 e. The lowest BCUT2D eigenvalue weighted by Crippen LogP contribution is -2.31. The van der Waals surface area contributed by atoms with Crippen molar-refractivity contribution < 1.29 is 9.90 Å². The lowest BCUT2D eigenvalue weighted by Gasteiger charge is -2.19. The lowest BCUT2D eigenvalue weighted by atomic mass is 10.3. The van der Waals surface area contributed by atoms with Gasteiger partial charge in [-0.05, 0) is 37.2 Å². The van der Waals surface area contributed by atoms with Crippen LogP contribution >= 0.6 is 15.9 Å². The predicted molar refractivity (Wildman–Crippen MR) is 81.2 cm³/mol. The molecule has 1 aromatic rings. The molecule has 1 amide bonds. The molecule has 0 aliphatic heterocycles. The molecule has 0 saturated carbocycles. The number of halogens is 1. The van der Waals surface area contributed by atoms with Gasteiger partial charge in [0.1, 0.15) is 0 Å². The van der Waals surface area contributed by atoms with Gasteiger partial charge in [-0.15, -0.1) is 0 Å². The van der Waals surface area contributed by atoms with E-state index in [-0.39, 0.29) is 12.5 Å². The number of rotatable bonds is 8. The lowest BCUT2D eigenvalue weighted by molar-refractivity contribution is -0.116. The first-order chi connectivity index (χ1) is 9.15. The van der Waals surface area contributed by atoms with Crippen molar-refractivity contribution in [1.29, 1.82) is 0 Å². The van der Waals surface area contributed by atoms with Crippen LogP contribution in [0.2, 0.25) is 0 Å². The quantitative estimate of drug-likeness (QED) is 0.770. The fourth-order valence-electron chi connectivity index (χ4n) is 1.81. The van der Waals surface area contributed by atoms with Crippen LogP contribution in [0.25, 0.3) is 0 Å². The van der Waals surface area contributed by atoms with Crippen LogP contribution < -0.4 is 5.32 Å². The highest BCUT2D eigenvalue weighted by Crippen LogP contribution is 2.14. The molecule has 2 N–H and O–H groups in total. The molecule has 0 saturated heterocycles. The molecule has 5 heteroatoms. The number of aliphatic hydroxyl groups excluding tert-OH is 1. The second-order valence-corrected chi connectivity index (χ2v) is 5.29. The second-order valence-electron chi connectivity index (χ2n) is 4.37. The summed E-state index contributed by atoms with van der Waals surface area (Å²) in [6.45, 7) is 4.43. The normalized spacial score (nSPS) is 10.7. The van der Waals surface area contributed by atoms with E-state index >= 15 is 0 Å². The van der Waals surface area contributed by atoms with E-state index < -0.39 is 0 Å². The molecular weight excluding hydrogens is 308 g/mol. The Morgan fingerprint density at radius 1 is 1.26 bits per heavy atom. The zero-order valence-corrected chi connectivity index (χ0v) is 12.8. The topological polar surface area (TPSA) is 52.6 Å². The summed E-state index contributed by atoms with van der Waals surface area (Å²) in [6.07, 6.45) is 1.46. The minimum Gasteiger partial charge on any atom is -0.395 e. The van der Waals surface area contributed by atoms with Gasteiger partial charge in [-0.1, -0.05) is 22.9 Å². The van der Waals surface area contributed by atoms with Crippen molar-refractivity contribution in [2.75, 3.05) is 31.6 Å². The van der Waals surface area contributed by atoms with Crippen molar-refractivity contribution in [3.05, 3.63) is 28.7 Å². The van der Waals surface area contributed by atoms with E-state index in [0.717, 1.165) is 23.1 Å². The maximum atomic E-state index is 11.8. The summed E-state index contributed by atoms with van der Waals surface area (Å²) < 4.78 is 0.988. The number of carbonyl (C=O) groups excluding carboxylic acids is 1. The minimum atomic E-state index is 0.00126. The minimum absolute atomic E-state index is 0.00126. The molecule has 0 aliphatic carbocycles. The van der Waals surface area contributed by atoms with Crippen LogP contribution in [0.5, 0.6) is 0 Å². The van der Waals surface area contributed by atoms with Crippen LogP contribution in [-0.4, -0.2) is 42.2 Å². The van der Waals surface area contributed by atoms with Gasteiger partial charge in [0.25, 0.3) is 0 Å². The zero-order valence-electron chi connectivity index (χ0n) is 11.2. The van der Waals surface area contributed by atoms with Crippen LogP contribution in [0.15, 0.2) is 28.7 Å². The molecule has 0 spiro atoms. The molecule has 4 nitrogen and oxygen atoms in total. The van der Waals surface area contributed by atoms with Gasteiger partial charge in [-0.25, -0.2) is 0 Å². The number of nitrogens with zero attached hydrogens (tertiary/aromatic N) is 1. The Labute approximate surface area is 122 Å². The molecule has 106 valence electrons. The van der Waals surface area contributed by atoms with Crippen molar-refractivity contribution in [2.24, 2.45) is 0 Å². The van der Waals surface area contributed by atoms with Crippen LogP contribution in [0.3, 0.4) is 0 Å². The molecule has 1 rings (SSSR count). The van der Waals surface area contributed by atoms with Crippen molar-refractivity contribution in [3.8, 4) is 0 Å². The van der Waals surface area contributed by atoms with Gasteiger partial charge >= 0.3 is 0 Å². The number of hydrogen-bond acceptors (Lipinski definition) is 3. The summed E-state index contributed by atoms with van der Waals surface area (Å²) in [5, 5.41) is 11.8. The third-order valence-corrected chi connectivity index (χ3v) is 3.27. The Hall–Kier alpha value is -0.910. The zero-order chi connectivity index (χ0) is 14.1. The van der Waals surface area contributed by atoms with Gasteiger partial charge in [0, 0.05) is 29.7 Å². The second kappa shape index (κ2) is 9.07. The Kier molecular flexibility index (Phi) is 7.70. The van der Waals surface area contributed by atoms with Crippen LogP contribution in [-0.2, 0) is 4.79 Å². The summed E-state index contributed by atoms with van der Waals surface area (Å²) in [4.78, 5) is 13.9. The Morgan fingerprint density at radius 3 is 2.53 bits per heavy atom. The molecule has 0 aliphatic rings. The number of benzene rings is 1. The molecule has 19 heavy (non-hydrogen) atoms. The highest BCUT2D eigenvalue weighted by Gasteiger charge is 2.07. The molecule has 0 atom stereocenters. The van der Waals surface area contributed by atoms with Gasteiger partial charge in [0.05, 0.1) is 6.61 Å². The summed E-state index contributed by atoms with van der Waals surface area (Å²) in [7, 11) is 0. The number of nitrogens with one attached hydrogen (secondary N) is 1. The number of aliphatic hydroxyl groups is 1. The molecule has 0 radical (unpaired) electrons. The van der Waals surface area contributed by atoms with Gasteiger partial charge < -0.3 is 15.3 Å². The smallest absolute Gasteiger partial charge is 0.225 e. The first-order valence-electron chi connectivity index (χ1n) is 6.54. The first kappa shape index (κ1) is 16.1. The van der Waals surface area contributed by atoms with Crippen LogP contribution in [0.1, 0.15) is 19.8 Å². The van der Waals surface area contributed by atoms with E-state index in [9.17, 15) is 4.79 Å². The molecule has 0 aromatic heterocycles. The van der Waals surface area contributed by atoms with Crippen molar-refractivity contribution in [1.82, 2.24) is 4.90 Å². The van der Waals surface area contributed by atoms with Crippen LogP contribution in [0, 0.1) is 0 Å². The molecule has 0 heterocycles. The maximum absolute atomic E-state index is 11.8. The fourth-order valence-corrected chi connectivity index (χ4v) is 2.07. The number of amides is 1. The fraction of sp³-hybridized carbons (Fsp3) is 0.500. The van der Waals surface area contributed by atoms with Gasteiger partial charge in [0.2, 0.25) is 5.91 Å². The molecule has 0 bridgehead atoms. The Balaban J connectivity index is 2.35. The molecule has 1 aromatic carbocycles. The average Bonchev–Trinajstić information content (AvgIpc) is 2.39. The van der Waals surface area contributed by atoms with Crippen molar-refractivity contribution in [2.45, 2.75) is 19.8 Å². The molecule has 0 unspecified atom stereocenters. The number of hydrogen-bond donors (Lipinski definition) is 2. The van der Waals surface area contributed by atoms with Crippen molar-refractivity contribution in [3.63, 3.8) is 0 Å². The van der Waals surface area contributed by atoms with E-state index in [0.29, 0.717) is 19.5 Å². The van der Waals surface area contributed by atoms with E-state index in [1.807, 2.05) is 24.3 Å². The van der Waals surface area contributed by atoms with E-state index in [1.54, 1.807) is 0 Å². The van der Waals surface area contributed by atoms with E-state index in [4.69, 9.17) is 5.11 Å². The van der Waals surface area contributed by atoms with Gasteiger partial charge in [-0.2, -0.15) is 0 Å². The predicted octanol–water partition coefficient (Wildman–Crippen LogP) is 2.48. The summed E-state index contributed by atoms with van der Waals surface area (Å²) >= 11 is 3.35. The van der Waals surface area contributed by atoms with E-state index in [1.165, 1.54) is 0 Å². The number of anilines is 1. The summed E-state index contributed by atoms with van der Waals surface area (Å²) in [5.41, 5.74) is 0.803. The standard InChI is InChI=1S/C14H21BrN2O2/c1-2-8-17(10-11-18)9-7-14(19)16-13-5-3-12(15)4-6-13/h3-6,18H,2,7-11H2,1H3,(H,16,19). The third-order valence-electron chi connectivity index (χ3n) is 2.74. The molecular formula is C14H21BrN2O2. The van der Waals surface area contributed by atoms with Gasteiger partial charge in [-0.3, -0.25) is 4.79 Å². The van der Waals surface area contributed by atoms with E-state index in [2.05, 4.69) is 33.1 Å². The molecule has 0 fully saturated rings. The Bertz CT molecular complexity index is 376. The van der Waals surface area contributed by atoms with Crippen molar-refractivity contribution >= 4 is 27.5 Å². The SMILES string of the molecule is CCCN(CCO)CCC(=O)Nc1ccc(Br)cc1. The Morgan fingerprint density at radius 2 is 1.95 bits per heavy atom. The highest BCUT2D eigenvalue weighted by atomic mass is 79.9. The van der Waals surface area contributed by atoms with Gasteiger partial charge in [0.15, 0.2) is 0 Å². The van der Waals surface area contributed by atoms with Crippen LogP contribution in [0.4, 0.5) is 5.69 Å². The average molecular weight is 329 g/mol. The summed E-state index contributed by atoms with van der Waals surface area (Å²) in [6, 6.07) is 7.51.